The molecule has 1 aliphatic rings. The molecule has 1 fully saturated rings. The van der Waals surface area contributed by atoms with Crippen LogP contribution in [0.2, 0.25) is 5.02 Å². The summed E-state index contributed by atoms with van der Waals surface area (Å²) in [4.78, 5) is 12.2. The van der Waals surface area contributed by atoms with Crippen LogP contribution in [0.3, 0.4) is 0 Å². The molecular weight excluding hydrogens is 274 g/mol. The van der Waals surface area contributed by atoms with Gasteiger partial charge in [0, 0.05) is 22.5 Å². The Morgan fingerprint density at radius 3 is 2.80 bits per heavy atom. The Bertz CT molecular complexity index is 671. The average molecular weight is 292 g/mol. The molecule has 106 valence electrons. The van der Waals surface area contributed by atoms with Crippen LogP contribution in [-0.2, 0) is 0 Å². The number of aryl methyl sites for hydroxylation is 2. The Morgan fingerprint density at radius 1 is 1.40 bits per heavy atom. The number of furan rings is 1. The summed E-state index contributed by atoms with van der Waals surface area (Å²) in [6.07, 6.45) is 3.71. The van der Waals surface area contributed by atoms with Crippen LogP contribution in [0.4, 0.5) is 0 Å². The van der Waals surface area contributed by atoms with Crippen LogP contribution in [0.15, 0.2) is 16.5 Å². The number of rotatable bonds is 3. The first-order valence-corrected chi connectivity index (χ1v) is 7.41. The second-order valence-electron chi connectivity index (χ2n) is 5.66. The third kappa shape index (κ3) is 2.31. The van der Waals surface area contributed by atoms with Crippen molar-refractivity contribution in [2.75, 3.05) is 6.54 Å². The van der Waals surface area contributed by atoms with Gasteiger partial charge in [0.1, 0.15) is 5.58 Å². The molecule has 20 heavy (non-hydrogen) atoms. The number of benzene rings is 1. The zero-order chi connectivity index (χ0) is 14.3. The van der Waals surface area contributed by atoms with Crippen molar-refractivity contribution in [3.05, 3.63) is 34.0 Å². The van der Waals surface area contributed by atoms with Gasteiger partial charge in [0.2, 0.25) is 0 Å². The van der Waals surface area contributed by atoms with Gasteiger partial charge in [0.05, 0.1) is 0 Å². The third-order valence-corrected chi connectivity index (χ3v) is 4.61. The monoisotopic (exact) mass is 291 g/mol. The lowest BCUT2D eigenvalue weighted by Gasteiger charge is -2.25. The van der Waals surface area contributed by atoms with Crippen molar-refractivity contribution in [1.29, 1.82) is 0 Å². The van der Waals surface area contributed by atoms with Gasteiger partial charge in [-0.3, -0.25) is 4.79 Å². The normalized spacial score (nSPS) is 15.3. The third-order valence-electron chi connectivity index (χ3n) is 4.20. The molecule has 4 heteroatoms. The van der Waals surface area contributed by atoms with Crippen LogP contribution in [0, 0.1) is 19.8 Å². The maximum absolute atomic E-state index is 12.2. The van der Waals surface area contributed by atoms with Crippen molar-refractivity contribution in [3.63, 3.8) is 0 Å². The maximum atomic E-state index is 12.2. The van der Waals surface area contributed by atoms with Crippen LogP contribution in [0.25, 0.3) is 11.0 Å². The molecule has 0 spiro atoms. The Hall–Kier alpha value is -1.48. The van der Waals surface area contributed by atoms with Crippen LogP contribution >= 0.6 is 11.6 Å². The number of fused-ring (bicyclic) bond motifs is 1. The summed E-state index contributed by atoms with van der Waals surface area (Å²) < 4.78 is 5.71. The van der Waals surface area contributed by atoms with Gasteiger partial charge in [-0.05, 0) is 50.3 Å². The minimum absolute atomic E-state index is 0.126. The van der Waals surface area contributed by atoms with Gasteiger partial charge < -0.3 is 9.73 Å². The quantitative estimate of drug-likeness (QED) is 0.919. The highest BCUT2D eigenvalue weighted by molar-refractivity contribution is 6.32. The second kappa shape index (κ2) is 5.13. The van der Waals surface area contributed by atoms with Gasteiger partial charge in [-0.1, -0.05) is 18.0 Å². The summed E-state index contributed by atoms with van der Waals surface area (Å²) >= 11 is 6.14. The summed E-state index contributed by atoms with van der Waals surface area (Å²) in [7, 11) is 0. The molecule has 0 aliphatic heterocycles. The van der Waals surface area contributed by atoms with E-state index in [0.29, 0.717) is 16.7 Å². The molecule has 1 aliphatic carbocycles. The van der Waals surface area contributed by atoms with Gasteiger partial charge in [-0.15, -0.1) is 0 Å². The molecule has 1 aromatic heterocycles. The first-order valence-electron chi connectivity index (χ1n) is 7.03. The summed E-state index contributed by atoms with van der Waals surface area (Å²) in [6.45, 7) is 4.57. The Balaban J connectivity index is 1.86. The minimum Gasteiger partial charge on any atom is -0.451 e. The fourth-order valence-electron chi connectivity index (χ4n) is 2.57. The fourth-order valence-corrected chi connectivity index (χ4v) is 2.74. The number of nitrogens with one attached hydrogen (secondary N) is 1. The van der Waals surface area contributed by atoms with Crippen molar-refractivity contribution in [2.24, 2.45) is 5.92 Å². The number of hydrogen-bond acceptors (Lipinski definition) is 2. The molecule has 1 amide bonds. The van der Waals surface area contributed by atoms with Gasteiger partial charge in [-0.2, -0.15) is 0 Å². The van der Waals surface area contributed by atoms with Crippen LogP contribution in [0.5, 0.6) is 0 Å². The van der Waals surface area contributed by atoms with Crippen LogP contribution in [0.1, 0.15) is 40.9 Å². The fraction of sp³-hybridized carbons (Fsp3) is 0.438. The minimum atomic E-state index is -0.126. The average Bonchev–Trinajstić information content (AvgIpc) is 2.66. The number of carbonyl (C=O) groups is 1. The number of carbonyl (C=O) groups excluding carboxylic acids is 1. The Labute approximate surface area is 123 Å². The highest BCUT2D eigenvalue weighted by atomic mass is 35.5. The van der Waals surface area contributed by atoms with Crippen LogP contribution < -0.4 is 5.32 Å². The lowest BCUT2D eigenvalue weighted by molar-refractivity contribution is 0.0912. The second-order valence-corrected chi connectivity index (χ2v) is 6.07. The number of amides is 1. The predicted octanol–water partition coefficient (Wildman–Crippen LogP) is 4.23. The smallest absolute Gasteiger partial charge is 0.287 e. The van der Waals surface area contributed by atoms with E-state index in [9.17, 15) is 4.79 Å². The van der Waals surface area contributed by atoms with E-state index >= 15 is 0 Å². The van der Waals surface area contributed by atoms with Crippen molar-refractivity contribution < 1.29 is 9.21 Å². The molecular formula is C16H18ClNO2. The van der Waals surface area contributed by atoms with Crippen molar-refractivity contribution in [2.45, 2.75) is 33.1 Å². The topological polar surface area (TPSA) is 42.2 Å². The molecule has 0 atom stereocenters. The van der Waals surface area contributed by atoms with Gasteiger partial charge >= 0.3 is 0 Å². The molecule has 2 aromatic rings. The van der Waals surface area contributed by atoms with Gasteiger partial charge in [0.15, 0.2) is 5.76 Å². The van der Waals surface area contributed by atoms with E-state index in [1.54, 1.807) is 0 Å². The molecule has 0 bridgehead atoms. The van der Waals surface area contributed by atoms with Gasteiger partial charge in [0.25, 0.3) is 5.91 Å². The van der Waals surface area contributed by atoms with E-state index in [4.69, 9.17) is 16.0 Å². The van der Waals surface area contributed by atoms with Crippen molar-refractivity contribution in [3.8, 4) is 0 Å². The van der Waals surface area contributed by atoms with E-state index in [1.165, 1.54) is 19.3 Å². The standard InChI is InChI=1S/C16H18ClNO2/c1-9-6-14-12(7-13(9)17)10(2)15(20-14)16(19)18-8-11-4-3-5-11/h6-7,11H,3-5,8H2,1-2H3,(H,18,19). The van der Waals surface area contributed by atoms with Crippen molar-refractivity contribution >= 4 is 28.5 Å². The highest BCUT2D eigenvalue weighted by Gasteiger charge is 2.21. The molecule has 0 radical (unpaired) electrons. The summed E-state index contributed by atoms with van der Waals surface area (Å²) in [5.74, 6) is 0.917. The largest absolute Gasteiger partial charge is 0.451 e. The summed E-state index contributed by atoms with van der Waals surface area (Å²) in [5, 5.41) is 4.57. The molecule has 3 rings (SSSR count). The Morgan fingerprint density at radius 2 is 2.15 bits per heavy atom. The van der Waals surface area contributed by atoms with E-state index in [2.05, 4.69) is 5.32 Å². The van der Waals surface area contributed by atoms with E-state index in [0.717, 1.165) is 28.6 Å². The van der Waals surface area contributed by atoms with Gasteiger partial charge in [-0.25, -0.2) is 0 Å². The molecule has 0 unspecified atom stereocenters. The molecule has 1 saturated carbocycles. The molecule has 1 aromatic carbocycles. The Kier molecular flexibility index (Phi) is 3.47. The van der Waals surface area contributed by atoms with E-state index in [1.807, 2.05) is 26.0 Å². The molecule has 3 nitrogen and oxygen atoms in total. The molecule has 1 heterocycles. The molecule has 0 saturated heterocycles. The molecule has 1 N–H and O–H groups in total. The SMILES string of the molecule is Cc1cc2oc(C(=O)NCC3CCC3)c(C)c2cc1Cl. The van der Waals surface area contributed by atoms with E-state index < -0.39 is 0 Å². The number of halogens is 1. The zero-order valence-corrected chi connectivity index (χ0v) is 12.5. The zero-order valence-electron chi connectivity index (χ0n) is 11.8. The van der Waals surface area contributed by atoms with E-state index in [-0.39, 0.29) is 5.91 Å². The lowest BCUT2D eigenvalue weighted by atomic mass is 9.85. The van der Waals surface area contributed by atoms with Crippen molar-refractivity contribution in [1.82, 2.24) is 5.32 Å². The summed E-state index contributed by atoms with van der Waals surface area (Å²) in [6, 6.07) is 3.75. The number of hydrogen-bond donors (Lipinski definition) is 1. The first kappa shape index (κ1) is 13.5. The van der Waals surface area contributed by atoms with Crippen LogP contribution in [-0.4, -0.2) is 12.5 Å². The lowest BCUT2D eigenvalue weighted by Crippen LogP contribution is -2.32. The first-order chi connectivity index (χ1) is 9.56. The predicted molar refractivity (Wildman–Crippen MR) is 80.4 cm³/mol. The highest BCUT2D eigenvalue weighted by Crippen LogP contribution is 2.30. The maximum Gasteiger partial charge on any atom is 0.287 e. The summed E-state index contributed by atoms with van der Waals surface area (Å²) in [5.41, 5.74) is 2.53.